The summed E-state index contributed by atoms with van der Waals surface area (Å²) < 4.78 is 6.76. The minimum absolute atomic E-state index is 0.695. The molecular formula is C32H13N3S2. The maximum atomic E-state index is 10.2. The minimum Gasteiger partial charge on any atom is -0.308 e. The number of fused-ring (bicyclic) bond motifs is 14. The van der Waals surface area contributed by atoms with E-state index in [9.17, 15) is 10.5 Å². The molecule has 0 bridgehead atoms. The summed E-state index contributed by atoms with van der Waals surface area (Å²) in [7, 11) is 0. The Morgan fingerprint density at radius 1 is 0.541 bits per heavy atom. The summed E-state index contributed by atoms with van der Waals surface area (Å²) in [6, 6.07) is 32.5. The van der Waals surface area contributed by atoms with E-state index in [2.05, 4.69) is 83.3 Å². The van der Waals surface area contributed by atoms with Gasteiger partial charge in [-0.15, -0.1) is 22.7 Å². The lowest BCUT2D eigenvalue weighted by atomic mass is 9.99. The fraction of sp³-hybridized carbons (Fsp3) is 0. The molecule has 9 aromatic rings. The number of aromatic nitrogens is 1. The molecule has 0 aliphatic carbocycles. The molecular weight excluding hydrogens is 491 g/mol. The van der Waals surface area contributed by atoms with E-state index in [0.717, 1.165) is 36.7 Å². The van der Waals surface area contributed by atoms with Crippen LogP contribution in [0, 0.1) is 22.7 Å². The van der Waals surface area contributed by atoms with Crippen molar-refractivity contribution in [1.29, 1.82) is 10.5 Å². The van der Waals surface area contributed by atoms with Gasteiger partial charge in [0.1, 0.15) is 12.1 Å². The first-order chi connectivity index (χ1) is 18.3. The molecule has 4 heterocycles. The molecule has 5 heteroatoms. The van der Waals surface area contributed by atoms with Gasteiger partial charge in [0.2, 0.25) is 0 Å². The highest BCUT2D eigenvalue weighted by Crippen LogP contribution is 2.49. The number of rotatable bonds is 0. The van der Waals surface area contributed by atoms with Gasteiger partial charge < -0.3 is 4.40 Å². The molecule has 0 N–H and O–H groups in total. The molecule has 0 unspecified atom stereocenters. The van der Waals surface area contributed by atoms with Gasteiger partial charge in [-0.25, -0.2) is 0 Å². The summed E-state index contributed by atoms with van der Waals surface area (Å²) in [6.45, 7) is 0. The van der Waals surface area contributed by atoms with Crippen LogP contribution < -0.4 is 0 Å². The predicted molar refractivity (Wildman–Crippen MR) is 156 cm³/mol. The SMILES string of the molecule is N#Cc1cc2c(c3cccc4c5c6c(sc7ccccc76)c(C#N)cc5n2c34)c2c1sc1ccccc12. The van der Waals surface area contributed by atoms with Crippen molar-refractivity contribution in [3.05, 3.63) is 90.0 Å². The summed E-state index contributed by atoms with van der Waals surface area (Å²) in [6.07, 6.45) is 0. The van der Waals surface area contributed by atoms with Crippen LogP contribution in [0.25, 0.3) is 78.4 Å². The van der Waals surface area contributed by atoms with Crippen molar-refractivity contribution in [2.75, 3.05) is 0 Å². The summed E-state index contributed by atoms with van der Waals surface area (Å²) in [5.41, 5.74) is 4.60. The normalized spacial score (nSPS) is 12.3. The smallest absolute Gasteiger partial charge is 0.101 e. The van der Waals surface area contributed by atoms with Crippen molar-refractivity contribution in [1.82, 2.24) is 4.40 Å². The van der Waals surface area contributed by atoms with E-state index in [4.69, 9.17) is 0 Å². The van der Waals surface area contributed by atoms with Crippen molar-refractivity contribution in [3.63, 3.8) is 0 Å². The highest BCUT2D eigenvalue weighted by atomic mass is 32.1. The van der Waals surface area contributed by atoms with E-state index in [1.165, 1.54) is 41.7 Å². The van der Waals surface area contributed by atoms with Gasteiger partial charge in [0.15, 0.2) is 0 Å². The lowest BCUT2D eigenvalue weighted by molar-refractivity contribution is 1.37. The van der Waals surface area contributed by atoms with E-state index in [0.29, 0.717) is 11.1 Å². The van der Waals surface area contributed by atoms with Crippen LogP contribution in [0.3, 0.4) is 0 Å². The number of hydrogen-bond donors (Lipinski definition) is 0. The fourth-order valence-electron chi connectivity index (χ4n) is 6.39. The Kier molecular flexibility index (Phi) is 3.45. The van der Waals surface area contributed by atoms with Gasteiger partial charge in [0.05, 0.1) is 37.1 Å². The van der Waals surface area contributed by atoms with Crippen molar-refractivity contribution >= 4 is 101 Å². The van der Waals surface area contributed by atoms with Crippen LogP contribution in [-0.4, -0.2) is 4.40 Å². The van der Waals surface area contributed by atoms with Crippen LogP contribution in [0.15, 0.2) is 78.9 Å². The van der Waals surface area contributed by atoms with Crippen LogP contribution in [0.5, 0.6) is 0 Å². The molecule has 0 saturated heterocycles. The monoisotopic (exact) mass is 503 g/mol. The van der Waals surface area contributed by atoms with Crippen LogP contribution >= 0.6 is 22.7 Å². The van der Waals surface area contributed by atoms with Gasteiger partial charge in [-0.2, -0.15) is 10.5 Å². The van der Waals surface area contributed by atoms with Gasteiger partial charge in [0.25, 0.3) is 0 Å². The molecule has 0 fully saturated rings. The molecule has 0 aliphatic heterocycles. The van der Waals surface area contributed by atoms with E-state index in [1.807, 2.05) is 12.1 Å². The lowest BCUT2D eigenvalue weighted by Gasteiger charge is -2.04. The van der Waals surface area contributed by atoms with Gasteiger partial charge in [-0.1, -0.05) is 54.6 Å². The van der Waals surface area contributed by atoms with Gasteiger partial charge in [-0.05, 0) is 24.3 Å². The largest absolute Gasteiger partial charge is 0.308 e. The van der Waals surface area contributed by atoms with E-state index < -0.39 is 0 Å². The summed E-state index contributed by atoms with van der Waals surface area (Å²) in [5, 5.41) is 29.8. The van der Waals surface area contributed by atoms with Crippen LogP contribution in [0.4, 0.5) is 0 Å². The minimum atomic E-state index is 0.695. The molecule has 0 spiro atoms. The second-order valence-electron chi connectivity index (χ2n) is 9.50. The molecule has 0 radical (unpaired) electrons. The zero-order valence-corrected chi connectivity index (χ0v) is 20.8. The molecule has 37 heavy (non-hydrogen) atoms. The Labute approximate surface area is 217 Å². The fourth-order valence-corrected chi connectivity index (χ4v) is 8.74. The molecule has 9 rings (SSSR count). The van der Waals surface area contributed by atoms with Gasteiger partial charge in [0, 0.05) is 52.5 Å². The van der Waals surface area contributed by atoms with E-state index in [-0.39, 0.29) is 0 Å². The van der Waals surface area contributed by atoms with Gasteiger partial charge >= 0.3 is 0 Å². The molecule has 3 nitrogen and oxygen atoms in total. The Morgan fingerprint density at radius 2 is 1.00 bits per heavy atom. The highest BCUT2D eigenvalue weighted by Gasteiger charge is 2.25. The van der Waals surface area contributed by atoms with Crippen molar-refractivity contribution in [3.8, 4) is 12.1 Å². The zero-order valence-electron chi connectivity index (χ0n) is 19.2. The molecule has 5 aromatic carbocycles. The van der Waals surface area contributed by atoms with E-state index in [1.54, 1.807) is 22.7 Å². The number of hydrogen-bond acceptors (Lipinski definition) is 4. The average Bonchev–Trinajstić information content (AvgIpc) is 3.67. The lowest BCUT2D eigenvalue weighted by Crippen LogP contribution is -1.85. The highest BCUT2D eigenvalue weighted by molar-refractivity contribution is 7.26. The second-order valence-corrected chi connectivity index (χ2v) is 11.6. The predicted octanol–water partition coefficient (Wildman–Crippen LogP) is 9.32. The third-order valence-electron chi connectivity index (χ3n) is 7.78. The summed E-state index contributed by atoms with van der Waals surface area (Å²) in [5.74, 6) is 0. The van der Waals surface area contributed by atoms with E-state index >= 15 is 0 Å². The van der Waals surface area contributed by atoms with Crippen molar-refractivity contribution < 1.29 is 0 Å². The molecule has 4 aromatic heterocycles. The number of nitrogens with zero attached hydrogens (tertiary/aromatic N) is 3. The molecule has 168 valence electrons. The van der Waals surface area contributed by atoms with Crippen LogP contribution in [0.1, 0.15) is 11.1 Å². The Balaban J connectivity index is 1.65. The number of thiophene rings is 2. The van der Waals surface area contributed by atoms with Crippen molar-refractivity contribution in [2.45, 2.75) is 0 Å². The average molecular weight is 504 g/mol. The van der Waals surface area contributed by atoms with Crippen LogP contribution in [-0.2, 0) is 0 Å². The molecule has 0 atom stereocenters. The Hall–Kier alpha value is -4.68. The summed E-state index contributed by atoms with van der Waals surface area (Å²) in [4.78, 5) is 0. The summed E-state index contributed by atoms with van der Waals surface area (Å²) >= 11 is 3.38. The standard InChI is InChI=1S/C32H13N3S2/c33-14-16-12-22-26(28-18-6-1-3-10-24(18)36-31(16)28)20-8-5-9-21-27-23(35(22)30(20)21)13-17(15-34)32-29(27)19-7-2-4-11-25(19)37-32/h1-13H. The molecule has 0 aliphatic rings. The number of nitriles is 2. The first kappa shape index (κ1) is 19.5. The van der Waals surface area contributed by atoms with Crippen molar-refractivity contribution in [2.24, 2.45) is 0 Å². The second kappa shape index (κ2) is 6.55. The number of para-hydroxylation sites is 1. The topological polar surface area (TPSA) is 52.0 Å². The molecule has 0 saturated carbocycles. The third-order valence-corrected chi connectivity index (χ3v) is 10.2. The zero-order chi connectivity index (χ0) is 24.4. The maximum Gasteiger partial charge on any atom is 0.101 e. The maximum absolute atomic E-state index is 10.2. The van der Waals surface area contributed by atoms with Gasteiger partial charge in [-0.3, -0.25) is 0 Å². The quantitative estimate of drug-likeness (QED) is 0.207. The Morgan fingerprint density at radius 3 is 1.49 bits per heavy atom. The third kappa shape index (κ3) is 2.17. The van der Waals surface area contributed by atoms with Crippen LogP contribution in [0.2, 0.25) is 0 Å². The first-order valence-corrected chi connectivity index (χ1v) is 13.6. The Bertz CT molecular complexity index is 2370. The molecule has 0 amide bonds. The number of benzene rings is 5. The first-order valence-electron chi connectivity index (χ1n) is 12.0.